The molecule has 1 nitrogen and oxygen atoms in total. The molecule has 0 N–H and O–H groups in total. The zero-order chi connectivity index (χ0) is 9.90. The van der Waals surface area contributed by atoms with Crippen LogP contribution in [-0.2, 0) is 12.4 Å². The first-order valence-electron chi connectivity index (χ1n) is 4.55. The van der Waals surface area contributed by atoms with Gasteiger partial charge in [-0.1, -0.05) is 0 Å². The molecule has 2 heteroatoms. The van der Waals surface area contributed by atoms with E-state index in [1.807, 2.05) is 0 Å². The van der Waals surface area contributed by atoms with Crippen molar-refractivity contribution in [3.63, 3.8) is 0 Å². The first-order chi connectivity index (χ1) is 5.97. The van der Waals surface area contributed by atoms with Crippen molar-refractivity contribution in [3.05, 3.63) is 30.1 Å². The van der Waals surface area contributed by atoms with Gasteiger partial charge in [0.25, 0.3) is 0 Å². The summed E-state index contributed by atoms with van der Waals surface area (Å²) in [6.45, 7) is 6.95. The van der Waals surface area contributed by atoms with Gasteiger partial charge in [-0.15, -0.1) is 0 Å². The Balaban J connectivity index is 2.51. The van der Waals surface area contributed by atoms with Gasteiger partial charge in [0.15, 0.2) is 0 Å². The first kappa shape index (κ1) is 10.7. The summed E-state index contributed by atoms with van der Waals surface area (Å²) in [7, 11) is 2.05. The number of hydrogen-bond donors (Lipinski definition) is 0. The Morgan fingerprint density at radius 1 is 1.23 bits per heavy atom. The van der Waals surface area contributed by atoms with Crippen LogP contribution in [0.3, 0.4) is 0 Å². The summed E-state index contributed by atoms with van der Waals surface area (Å²) < 4.78 is 2.58. The average Bonchev–Trinajstić information content (AvgIpc) is 2.02. The van der Waals surface area contributed by atoms with E-state index in [4.69, 9.17) is 0 Å². The predicted molar refractivity (Wildman–Crippen MR) is 56.8 cm³/mol. The number of pyridine rings is 1. The molecule has 0 aliphatic rings. The molecule has 1 aromatic rings. The van der Waals surface area contributed by atoms with Gasteiger partial charge < -0.3 is 0 Å². The third-order valence-corrected chi connectivity index (χ3v) is 4.54. The molecule has 1 heterocycles. The second-order valence-electron chi connectivity index (χ2n) is 4.27. The Labute approximate surface area is 87.3 Å². The van der Waals surface area contributed by atoms with Crippen LogP contribution in [0.2, 0.25) is 4.31 Å². The van der Waals surface area contributed by atoms with Gasteiger partial charge in [0.05, 0.1) is 0 Å². The average molecular weight is 243 g/mol. The summed E-state index contributed by atoms with van der Waals surface area (Å²) in [5.74, 6) is 0. The SMILES string of the molecule is C[n+]1ccc(C[Se]C(C)(C)C)cc1. The predicted octanol–water partition coefficient (Wildman–Crippen LogP) is 1.93. The Hall–Kier alpha value is -0.331. The zero-order valence-electron chi connectivity index (χ0n) is 8.87. The van der Waals surface area contributed by atoms with Crippen LogP contribution in [0.15, 0.2) is 24.5 Å². The van der Waals surface area contributed by atoms with Gasteiger partial charge in [-0.2, -0.15) is 0 Å². The molecule has 0 amide bonds. The summed E-state index contributed by atoms with van der Waals surface area (Å²) in [5, 5.41) is 1.25. The number of hydrogen-bond acceptors (Lipinski definition) is 0. The topological polar surface area (TPSA) is 3.88 Å². The summed E-state index contributed by atoms with van der Waals surface area (Å²) >= 11 is 0.701. The molecule has 1 rings (SSSR count). The molecular weight excluding hydrogens is 225 g/mol. The Morgan fingerprint density at radius 2 is 1.77 bits per heavy atom. The van der Waals surface area contributed by atoms with Crippen molar-refractivity contribution in [1.82, 2.24) is 0 Å². The van der Waals surface area contributed by atoms with Crippen LogP contribution in [-0.4, -0.2) is 15.0 Å². The van der Waals surface area contributed by atoms with Crippen LogP contribution in [0, 0.1) is 0 Å². The molecule has 0 aliphatic heterocycles. The maximum atomic E-state index is 2.32. The second kappa shape index (κ2) is 4.25. The van der Waals surface area contributed by atoms with Crippen molar-refractivity contribution >= 4 is 15.0 Å². The van der Waals surface area contributed by atoms with E-state index in [2.05, 4.69) is 56.9 Å². The van der Waals surface area contributed by atoms with Crippen molar-refractivity contribution in [2.45, 2.75) is 30.4 Å². The van der Waals surface area contributed by atoms with Crippen LogP contribution in [0.5, 0.6) is 0 Å². The van der Waals surface area contributed by atoms with Gasteiger partial charge in [0, 0.05) is 0 Å². The van der Waals surface area contributed by atoms with Crippen LogP contribution in [0.4, 0.5) is 0 Å². The first-order valence-corrected chi connectivity index (χ1v) is 6.62. The van der Waals surface area contributed by atoms with E-state index in [-0.39, 0.29) is 0 Å². The van der Waals surface area contributed by atoms with Gasteiger partial charge in [-0.3, -0.25) is 0 Å². The van der Waals surface area contributed by atoms with Crippen LogP contribution in [0.1, 0.15) is 26.3 Å². The van der Waals surface area contributed by atoms with Gasteiger partial charge in [-0.25, -0.2) is 0 Å². The number of aryl methyl sites for hydroxylation is 1. The van der Waals surface area contributed by atoms with Gasteiger partial charge in [0.2, 0.25) is 0 Å². The quantitative estimate of drug-likeness (QED) is 0.552. The zero-order valence-corrected chi connectivity index (χ0v) is 10.6. The third kappa shape index (κ3) is 4.44. The maximum absolute atomic E-state index is 2.32. The fourth-order valence-electron chi connectivity index (χ4n) is 0.928. The van der Waals surface area contributed by atoms with E-state index >= 15 is 0 Å². The Bertz CT molecular complexity index is 258. The van der Waals surface area contributed by atoms with Crippen molar-refractivity contribution in [2.75, 3.05) is 0 Å². The molecule has 0 saturated heterocycles. The molecule has 0 bridgehead atoms. The van der Waals surface area contributed by atoms with Crippen LogP contribution >= 0.6 is 0 Å². The van der Waals surface area contributed by atoms with E-state index in [0.717, 1.165) is 0 Å². The molecule has 1 aromatic heterocycles. The van der Waals surface area contributed by atoms with Gasteiger partial charge in [-0.05, 0) is 0 Å². The van der Waals surface area contributed by atoms with Crippen LogP contribution in [0.25, 0.3) is 0 Å². The summed E-state index contributed by atoms with van der Waals surface area (Å²) in [5.41, 5.74) is 1.47. The number of rotatable bonds is 2. The van der Waals surface area contributed by atoms with Gasteiger partial charge >= 0.3 is 87.1 Å². The molecule has 13 heavy (non-hydrogen) atoms. The van der Waals surface area contributed by atoms with Gasteiger partial charge in [0.1, 0.15) is 0 Å². The third-order valence-electron chi connectivity index (χ3n) is 1.72. The number of nitrogens with zero attached hydrogens (tertiary/aromatic N) is 1. The summed E-state index contributed by atoms with van der Waals surface area (Å²) in [6.07, 6.45) is 4.24. The molecule has 0 aromatic carbocycles. The molecule has 0 unspecified atom stereocenters. The standard InChI is InChI=1S/C11H18NSe/c1-11(2,3)13-9-10-5-7-12(4)8-6-10/h5-8H,9H2,1-4H3/q+1. The van der Waals surface area contributed by atoms with E-state index in [1.54, 1.807) is 0 Å². The molecule has 0 atom stereocenters. The van der Waals surface area contributed by atoms with Crippen LogP contribution < -0.4 is 4.57 Å². The molecular formula is C11H18NSe+. The molecule has 0 spiro atoms. The summed E-state index contributed by atoms with van der Waals surface area (Å²) in [6, 6.07) is 4.43. The molecule has 0 aliphatic carbocycles. The van der Waals surface area contributed by atoms with Crippen molar-refractivity contribution < 1.29 is 4.57 Å². The fraction of sp³-hybridized carbons (Fsp3) is 0.545. The van der Waals surface area contributed by atoms with Crippen molar-refractivity contribution in [2.24, 2.45) is 7.05 Å². The molecule has 0 radical (unpaired) electrons. The fourth-order valence-corrected chi connectivity index (χ4v) is 2.59. The number of aromatic nitrogens is 1. The van der Waals surface area contributed by atoms with Crippen molar-refractivity contribution in [3.8, 4) is 0 Å². The molecule has 72 valence electrons. The second-order valence-corrected chi connectivity index (χ2v) is 8.05. The normalized spacial score (nSPS) is 11.7. The van der Waals surface area contributed by atoms with E-state index < -0.39 is 0 Å². The molecule has 0 fully saturated rings. The molecule has 0 saturated carbocycles. The minimum absolute atomic E-state index is 0.505. The monoisotopic (exact) mass is 244 g/mol. The summed E-state index contributed by atoms with van der Waals surface area (Å²) in [4.78, 5) is 0. The van der Waals surface area contributed by atoms with E-state index in [0.29, 0.717) is 19.3 Å². The van der Waals surface area contributed by atoms with E-state index in [9.17, 15) is 0 Å². The Kier molecular flexibility index (Phi) is 3.52. The Morgan fingerprint density at radius 3 is 2.23 bits per heavy atom. The minimum atomic E-state index is 0.505. The van der Waals surface area contributed by atoms with E-state index in [1.165, 1.54) is 10.9 Å². The van der Waals surface area contributed by atoms with Crippen molar-refractivity contribution in [1.29, 1.82) is 0 Å².